The van der Waals surface area contributed by atoms with E-state index in [0.29, 0.717) is 12.1 Å². The molecule has 17 heavy (non-hydrogen) atoms. The highest BCUT2D eigenvalue weighted by atomic mass is 19.1. The molecule has 1 aromatic carbocycles. The summed E-state index contributed by atoms with van der Waals surface area (Å²) in [5.74, 6) is -2.74. The molecule has 0 unspecified atom stereocenters. The Morgan fingerprint density at radius 3 is 2.12 bits per heavy atom. The average molecular weight is 243 g/mol. The molecule has 0 atom stereocenters. The molecular weight excluding hydrogens is 224 g/mol. The Labute approximate surface area is 101 Å². The van der Waals surface area contributed by atoms with Crippen molar-refractivity contribution in [3.05, 3.63) is 29.3 Å². The SMILES string of the molecule is CCC(C)(C)N(C)Cc1cc(F)c(O)c(F)c1. The third-order valence-electron chi connectivity index (χ3n) is 3.40. The summed E-state index contributed by atoms with van der Waals surface area (Å²) in [6.07, 6.45) is 0.937. The lowest BCUT2D eigenvalue weighted by molar-refractivity contribution is 0.142. The van der Waals surface area contributed by atoms with Crippen LogP contribution in [0.4, 0.5) is 8.78 Å². The Hall–Kier alpha value is -1.16. The molecule has 0 saturated heterocycles. The van der Waals surface area contributed by atoms with E-state index in [1.807, 2.05) is 11.9 Å². The molecule has 1 N–H and O–H groups in total. The van der Waals surface area contributed by atoms with E-state index in [2.05, 4.69) is 20.8 Å². The lowest BCUT2D eigenvalue weighted by Gasteiger charge is -2.34. The quantitative estimate of drug-likeness (QED) is 0.877. The van der Waals surface area contributed by atoms with Crippen LogP contribution in [0.2, 0.25) is 0 Å². The van der Waals surface area contributed by atoms with Crippen LogP contribution in [0, 0.1) is 11.6 Å². The van der Waals surface area contributed by atoms with Crippen molar-refractivity contribution < 1.29 is 13.9 Å². The molecule has 4 heteroatoms. The van der Waals surface area contributed by atoms with E-state index in [9.17, 15) is 8.78 Å². The second kappa shape index (κ2) is 5.00. The molecule has 0 heterocycles. The monoisotopic (exact) mass is 243 g/mol. The van der Waals surface area contributed by atoms with E-state index in [1.54, 1.807) is 0 Å². The van der Waals surface area contributed by atoms with Gasteiger partial charge in [-0.25, -0.2) is 8.78 Å². The largest absolute Gasteiger partial charge is 0.503 e. The summed E-state index contributed by atoms with van der Waals surface area (Å²) in [4.78, 5) is 2.03. The molecule has 0 fully saturated rings. The summed E-state index contributed by atoms with van der Waals surface area (Å²) < 4.78 is 26.3. The maximum atomic E-state index is 13.2. The van der Waals surface area contributed by atoms with E-state index in [4.69, 9.17) is 5.11 Å². The van der Waals surface area contributed by atoms with Gasteiger partial charge in [0.15, 0.2) is 17.4 Å². The van der Waals surface area contributed by atoms with Gasteiger partial charge in [0.25, 0.3) is 0 Å². The van der Waals surface area contributed by atoms with Crippen molar-refractivity contribution in [2.24, 2.45) is 0 Å². The van der Waals surface area contributed by atoms with Gasteiger partial charge in [-0.2, -0.15) is 0 Å². The van der Waals surface area contributed by atoms with Crippen LogP contribution in [0.15, 0.2) is 12.1 Å². The fraction of sp³-hybridized carbons (Fsp3) is 0.538. The number of hydrogen-bond donors (Lipinski definition) is 1. The van der Waals surface area contributed by atoms with Gasteiger partial charge in [-0.05, 0) is 45.0 Å². The van der Waals surface area contributed by atoms with Crippen LogP contribution in [0.25, 0.3) is 0 Å². The van der Waals surface area contributed by atoms with Gasteiger partial charge >= 0.3 is 0 Å². The predicted molar refractivity (Wildman–Crippen MR) is 63.9 cm³/mol. The number of aromatic hydroxyl groups is 1. The molecular formula is C13H19F2NO. The van der Waals surface area contributed by atoms with Crippen molar-refractivity contribution in [2.75, 3.05) is 7.05 Å². The van der Waals surface area contributed by atoms with Gasteiger partial charge < -0.3 is 5.11 Å². The molecule has 96 valence electrons. The van der Waals surface area contributed by atoms with E-state index >= 15 is 0 Å². The Kier molecular flexibility index (Phi) is 4.09. The van der Waals surface area contributed by atoms with E-state index in [0.717, 1.165) is 6.42 Å². The number of hydrogen-bond acceptors (Lipinski definition) is 2. The highest BCUT2D eigenvalue weighted by Crippen LogP contribution is 2.24. The smallest absolute Gasteiger partial charge is 0.187 e. The van der Waals surface area contributed by atoms with E-state index in [1.165, 1.54) is 12.1 Å². The molecule has 2 nitrogen and oxygen atoms in total. The number of nitrogens with zero attached hydrogens (tertiary/aromatic N) is 1. The van der Waals surface area contributed by atoms with E-state index in [-0.39, 0.29) is 5.54 Å². The molecule has 1 rings (SSSR count). The summed E-state index contributed by atoms with van der Waals surface area (Å²) in [6, 6.07) is 2.33. The van der Waals surface area contributed by atoms with Crippen LogP contribution in [-0.2, 0) is 6.54 Å². The van der Waals surface area contributed by atoms with Gasteiger partial charge in [-0.15, -0.1) is 0 Å². The van der Waals surface area contributed by atoms with Crippen LogP contribution in [0.5, 0.6) is 5.75 Å². The van der Waals surface area contributed by atoms with Gasteiger partial charge in [0.2, 0.25) is 0 Å². The van der Waals surface area contributed by atoms with Crippen molar-refractivity contribution in [1.82, 2.24) is 4.90 Å². The Morgan fingerprint density at radius 1 is 1.24 bits per heavy atom. The summed E-state index contributed by atoms with van der Waals surface area (Å²) in [7, 11) is 1.91. The lowest BCUT2D eigenvalue weighted by atomic mass is 9.99. The van der Waals surface area contributed by atoms with Crippen molar-refractivity contribution in [1.29, 1.82) is 0 Å². The van der Waals surface area contributed by atoms with Gasteiger partial charge in [-0.3, -0.25) is 4.90 Å². The number of phenolic OH excluding ortho intramolecular Hbond substituents is 1. The second-order valence-corrected chi connectivity index (χ2v) is 4.93. The second-order valence-electron chi connectivity index (χ2n) is 4.93. The summed E-state index contributed by atoms with van der Waals surface area (Å²) in [6.45, 7) is 6.64. The molecule has 0 amide bonds. The maximum absolute atomic E-state index is 13.2. The fourth-order valence-corrected chi connectivity index (χ4v) is 1.47. The summed E-state index contributed by atoms with van der Waals surface area (Å²) >= 11 is 0. The first kappa shape index (κ1) is 13.9. The highest BCUT2D eigenvalue weighted by Gasteiger charge is 2.21. The zero-order valence-corrected chi connectivity index (χ0v) is 10.7. The fourth-order valence-electron chi connectivity index (χ4n) is 1.47. The topological polar surface area (TPSA) is 23.5 Å². The third-order valence-corrected chi connectivity index (χ3v) is 3.40. The zero-order valence-electron chi connectivity index (χ0n) is 10.7. The van der Waals surface area contributed by atoms with Crippen LogP contribution >= 0.6 is 0 Å². The van der Waals surface area contributed by atoms with Crippen LogP contribution < -0.4 is 0 Å². The van der Waals surface area contributed by atoms with Crippen molar-refractivity contribution in [2.45, 2.75) is 39.3 Å². The normalized spacial score (nSPS) is 12.2. The molecule has 0 aromatic heterocycles. The Bertz CT molecular complexity index is 381. The number of phenols is 1. The molecule has 0 saturated carbocycles. The van der Waals surface area contributed by atoms with Gasteiger partial charge in [0.05, 0.1) is 0 Å². The highest BCUT2D eigenvalue weighted by molar-refractivity contribution is 5.30. The van der Waals surface area contributed by atoms with Gasteiger partial charge in [0.1, 0.15) is 0 Å². The van der Waals surface area contributed by atoms with Gasteiger partial charge in [-0.1, -0.05) is 6.92 Å². The molecule has 0 aliphatic rings. The average Bonchev–Trinajstić information content (AvgIpc) is 2.25. The van der Waals surface area contributed by atoms with Gasteiger partial charge in [0, 0.05) is 12.1 Å². The molecule has 0 radical (unpaired) electrons. The molecule has 0 aliphatic carbocycles. The van der Waals surface area contributed by atoms with Crippen molar-refractivity contribution in [3.8, 4) is 5.75 Å². The van der Waals surface area contributed by atoms with E-state index < -0.39 is 17.4 Å². The number of rotatable bonds is 4. The molecule has 0 spiro atoms. The van der Waals surface area contributed by atoms with Crippen molar-refractivity contribution >= 4 is 0 Å². The summed E-state index contributed by atoms with van der Waals surface area (Å²) in [5.41, 5.74) is 0.479. The predicted octanol–water partition coefficient (Wildman–Crippen LogP) is 3.29. The molecule has 1 aromatic rings. The minimum atomic E-state index is -0.914. The number of benzene rings is 1. The first-order valence-electron chi connectivity index (χ1n) is 5.66. The Balaban J connectivity index is 2.90. The first-order chi connectivity index (χ1) is 7.77. The molecule has 0 bridgehead atoms. The van der Waals surface area contributed by atoms with Crippen LogP contribution in [0.1, 0.15) is 32.8 Å². The summed E-state index contributed by atoms with van der Waals surface area (Å²) in [5, 5.41) is 9.01. The van der Waals surface area contributed by atoms with Crippen molar-refractivity contribution in [3.63, 3.8) is 0 Å². The van der Waals surface area contributed by atoms with Crippen LogP contribution in [-0.4, -0.2) is 22.6 Å². The maximum Gasteiger partial charge on any atom is 0.187 e. The number of halogens is 2. The first-order valence-corrected chi connectivity index (χ1v) is 5.66. The zero-order chi connectivity index (χ0) is 13.2. The van der Waals surface area contributed by atoms with Crippen LogP contribution in [0.3, 0.4) is 0 Å². The third kappa shape index (κ3) is 3.16. The molecule has 0 aliphatic heterocycles. The minimum absolute atomic E-state index is 0.0369. The Morgan fingerprint density at radius 2 is 1.71 bits per heavy atom. The minimum Gasteiger partial charge on any atom is -0.503 e. The lowest BCUT2D eigenvalue weighted by Crippen LogP contribution is -2.39. The standard InChI is InChI=1S/C13H19F2NO/c1-5-13(2,3)16(4)8-9-6-10(14)12(17)11(15)7-9/h6-7,17H,5,8H2,1-4H3.